The zero-order valence-electron chi connectivity index (χ0n) is 8.20. The number of hydrogen-bond donors (Lipinski definition) is 2. The van der Waals surface area contributed by atoms with Gasteiger partial charge >= 0.3 is 0 Å². The monoisotopic (exact) mass is 294 g/mol. The van der Waals surface area contributed by atoms with E-state index in [1.165, 1.54) is 0 Å². The molecule has 5 heteroatoms. The first-order valence-electron chi connectivity index (χ1n) is 4.36. The summed E-state index contributed by atoms with van der Waals surface area (Å²) in [6.07, 6.45) is 0. The summed E-state index contributed by atoms with van der Waals surface area (Å²) in [5.74, 6) is 0.436. The molecule has 0 radical (unpaired) electrons. The molecule has 0 amide bonds. The summed E-state index contributed by atoms with van der Waals surface area (Å²) >= 11 is 9.20. The minimum Gasteiger partial charge on any atom is -0.481 e. The molecule has 0 unspecified atom stereocenters. The molecule has 1 rings (SSSR count). The average molecular weight is 296 g/mol. The number of hydrogen-bond acceptors (Lipinski definition) is 3. The van der Waals surface area contributed by atoms with Crippen molar-refractivity contribution in [1.82, 2.24) is 0 Å². The van der Waals surface area contributed by atoms with E-state index in [4.69, 9.17) is 26.6 Å². The van der Waals surface area contributed by atoms with Gasteiger partial charge in [-0.2, -0.15) is 0 Å². The van der Waals surface area contributed by atoms with Crippen molar-refractivity contribution in [2.24, 2.45) is 0 Å². The molecule has 0 heterocycles. The predicted molar refractivity (Wildman–Crippen MR) is 62.4 cm³/mol. The van der Waals surface area contributed by atoms with Gasteiger partial charge in [-0.1, -0.05) is 27.5 Å². The van der Waals surface area contributed by atoms with Gasteiger partial charge in [0.05, 0.1) is 18.2 Å². The van der Waals surface area contributed by atoms with Crippen molar-refractivity contribution >= 4 is 27.5 Å². The van der Waals surface area contributed by atoms with E-state index in [1.807, 2.05) is 0 Å². The maximum Gasteiger partial charge on any atom is 0.152 e. The number of rotatable bonds is 4. The van der Waals surface area contributed by atoms with E-state index >= 15 is 0 Å². The van der Waals surface area contributed by atoms with Crippen LogP contribution in [0.1, 0.15) is 6.92 Å². The minimum atomic E-state index is -1.02. The fourth-order valence-corrected chi connectivity index (χ4v) is 1.65. The van der Waals surface area contributed by atoms with Crippen LogP contribution in [0, 0.1) is 0 Å². The molecule has 0 atom stereocenters. The van der Waals surface area contributed by atoms with Crippen LogP contribution >= 0.6 is 27.5 Å². The molecule has 2 N–H and O–H groups in total. The zero-order valence-corrected chi connectivity index (χ0v) is 10.5. The Balaban J connectivity index is 2.89. The average Bonchev–Trinajstić information content (AvgIpc) is 2.22. The van der Waals surface area contributed by atoms with Crippen LogP contribution in [0.15, 0.2) is 22.7 Å². The predicted octanol–water partition coefficient (Wildman–Crippen LogP) is 2.22. The maximum absolute atomic E-state index is 9.05. The van der Waals surface area contributed by atoms with Crippen molar-refractivity contribution in [2.45, 2.75) is 12.5 Å². The van der Waals surface area contributed by atoms with E-state index in [-0.39, 0.29) is 13.2 Å². The van der Waals surface area contributed by atoms with Gasteiger partial charge in [0.25, 0.3) is 0 Å². The molecule has 0 saturated heterocycles. The van der Waals surface area contributed by atoms with Crippen LogP contribution in [0.5, 0.6) is 5.75 Å². The molecular weight excluding hydrogens is 283 g/mol. The molecular formula is C10H12BrClO3. The largest absolute Gasteiger partial charge is 0.481 e. The van der Waals surface area contributed by atoms with Gasteiger partial charge in [-0.25, -0.2) is 0 Å². The minimum absolute atomic E-state index is 0.282. The second-order valence-electron chi connectivity index (χ2n) is 3.44. The van der Waals surface area contributed by atoms with Gasteiger partial charge in [0, 0.05) is 4.47 Å². The lowest BCUT2D eigenvalue weighted by atomic mass is 10.1. The summed E-state index contributed by atoms with van der Waals surface area (Å²) in [6, 6.07) is 5.14. The Hall–Kier alpha value is -0.290. The van der Waals surface area contributed by atoms with Crippen molar-refractivity contribution < 1.29 is 14.9 Å². The lowest BCUT2D eigenvalue weighted by Crippen LogP contribution is -2.40. The molecule has 0 aromatic heterocycles. The molecule has 0 fully saturated rings. The number of aliphatic hydroxyl groups excluding tert-OH is 2. The van der Waals surface area contributed by atoms with Gasteiger partial charge in [0.2, 0.25) is 0 Å². The third-order valence-electron chi connectivity index (χ3n) is 1.92. The lowest BCUT2D eigenvalue weighted by Gasteiger charge is -2.26. The summed E-state index contributed by atoms with van der Waals surface area (Å²) in [5, 5.41) is 18.5. The zero-order chi connectivity index (χ0) is 11.5. The molecule has 0 spiro atoms. The van der Waals surface area contributed by atoms with Crippen LogP contribution in [-0.2, 0) is 0 Å². The highest BCUT2D eigenvalue weighted by atomic mass is 79.9. The van der Waals surface area contributed by atoms with Gasteiger partial charge in [0.15, 0.2) is 5.60 Å². The quantitative estimate of drug-likeness (QED) is 0.895. The van der Waals surface area contributed by atoms with Crippen molar-refractivity contribution in [3.63, 3.8) is 0 Å². The van der Waals surface area contributed by atoms with E-state index in [0.29, 0.717) is 10.8 Å². The molecule has 84 valence electrons. The third kappa shape index (κ3) is 3.34. The van der Waals surface area contributed by atoms with E-state index in [1.54, 1.807) is 25.1 Å². The first-order valence-corrected chi connectivity index (χ1v) is 5.53. The molecule has 0 aliphatic rings. The Morgan fingerprint density at radius 3 is 2.47 bits per heavy atom. The first-order chi connectivity index (χ1) is 7.00. The van der Waals surface area contributed by atoms with E-state index in [9.17, 15) is 0 Å². The van der Waals surface area contributed by atoms with Gasteiger partial charge in [-0.3, -0.25) is 0 Å². The van der Waals surface area contributed by atoms with Crippen molar-refractivity contribution in [3.8, 4) is 5.75 Å². The Labute approximate surface area is 102 Å². The van der Waals surface area contributed by atoms with Gasteiger partial charge in [-0.15, -0.1) is 0 Å². The highest BCUT2D eigenvalue weighted by molar-refractivity contribution is 9.10. The van der Waals surface area contributed by atoms with Crippen molar-refractivity contribution in [1.29, 1.82) is 0 Å². The second kappa shape index (κ2) is 5.16. The molecule has 0 aliphatic carbocycles. The summed E-state index contributed by atoms with van der Waals surface area (Å²) in [4.78, 5) is 0. The van der Waals surface area contributed by atoms with E-state index in [0.717, 1.165) is 4.47 Å². The van der Waals surface area contributed by atoms with Gasteiger partial charge in [-0.05, 0) is 25.1 Å². The molecule has 0 saturated carbocycles. The summed E-state index contributed by atoms with van der Waals surface area (Å²) in [5.41, 5.74) is -1.02. The molecule has 3 nitrogen and oxygen atoms in total. The van der Waals surface area contributed by atoms with Gasteiger partial charge in [0.1, 0.15) is 5.75 Å². The molecule has 1 aromatic rings. The van der Waals surface area contributed by atoms with E-state index < -0.39 is 5.60 Å². The fraction of sp³-hybridized carbons (Fsp3) is 0.400. The highest BCUT2D eigenvalue weighted by Crippen LogP contribution is 2.30. The molecule has 15 heavy (non-hydrogen) atoms. The first kappa shape index (κ1) is 12.8. The Kier molecular flexibility index (Phi) is 4.40. The number of aliphatic hydroxyl groups is 2. The SMILES string of the molecule is CC(CO)(CO)Oc1ccc(Br)cc1Cl. The Morgan fingerprint density at radius 2 is 2.00 bits per heavy atom. The fourth-order valence-electron chi connectivity index (χ4n) is 0.938. The smallest absolute Gasteiger partial charge is 0.152 e. The topological polar surface area (TPSA) is 49.7 Å². The standard InChI is InChI=1S/C10H12BrClO3/c1-10(5-13,6-14)15-9-3-2-7(11)4-8(9)12/h2-4,13-14H,5-6H2,1H3. The number of halogens is 2. The van der Waals surface area contributed by atoms with Crippen molar-refractivity contribution in [3.05, 3.63) is 27.7 Å². The van der Waals surface area contributed by atoms with Crippen LogP contribution in [0.2, 0.25) is 5.02 Å². The maximum atomic E-state index is 9.05. The lowest BCUT2D eigenvalue weighted by molar-refractivity contribution is -0.0194. The van der Waals surface area contributed by atoms with Gasteiger partial charge < -0.3 is 14.9 Å². The summed E-state index contributed by atoms with van der Waals surface area (Å²) < 4.78 is 6.28. The normalized spacial score (nSPS) is 11.5. The molecule has 1 aromatic carbocycles. The van der Waals surface area contributed by atoms with Crippen LogP contribution in [0.4, 0.5) is 0 Å². The summed E-state index contributed by atoms with van der Waals surface area (Å²) in [7, 11) is 0. The van der Waals surface area contributed by atoms with Crippen LogP contribution < -0.4 is 4.74 Å². The Morgan fingerprint density at radius 1 is 1.40 bits per heavy atom. The third-order valence-corrected chi connectivity index (χ3v) is 2.71. The Bertz CT molecular complexity index is 339. The van der Waals surface area contributed by atoms with Crippen LogP contribution in [-0.4, -0.2) is 29.0 Å². The second-order valence-corrected chi connectivity index (χ2v) is 4.77. The summed E-state index contributed by atoms with van der Waals surface area (Å²) in [6.45, 7) is 1.04. The number of benzene rings is 1. The highest BCUT2D eigenvalue weighted by Gasteiger charge is 2.25. The van der Waals surface area contributed by atoms with E-state index in [2.05, 4.69) is 15.9 Å². The molecule has 0 bridgehead atoms. The van der Waals surface area contributed by atoms with Crippen LogP contribution in [0.3, 0.4) is 0 Å². The van der Waals surface area contributed by atoms with Crippen molar-refractivity contribution in [2.75, 3.05) is 13.2 Å². The van der Waals surface area contributed by atoms with Crippen LogP contribution in [0.25, 0.3) is 0 Å². The molecule has 0 aliphatic heterocycles. The number of ether oxygens (including phenoxy) is 1.